The van der Waals surface area contributed by atoms with E-state index in [0.29, 0.717) is 24.1 Å². The largest absolute Gasteiger partial charge is 0.481 e. The Hall–Kier alpha value is -2.31. The van der Waals surface area contributed by atoms with Crippen LogP contribution in [0, 0.1) is 5.92 Å². The molecule has 0 radical (unpaired) electrons. The number of benzene rings is 1. The maximum Gasteiger partial charge on any atom is 0.416 e. The molecule has 1 aliphatic heterocycles. The van der Waals surface area contributed by atoms with E-state index in [9.17, 15) is 22.8 Å². The molecule has 1 saturated heterocycles. The maximum atomic E-state index is 12.7. The number of halogens is 3. The minimum atomic E-state index is -4.44. The van der Waals surface area contributed by atoms with Crippen molar-refractivity contribution in [2.45, 2.75) is 19.5 Å². The van der Waals surface area contributed by atoms with Crippen LogP contribution in [0.15, 0.2) is 30.3 Å². The van der Waals surface area contributed by atoms with E-state index < -0.39 is 23.6 Å². The molecule has 1 amide bonds. The number of carbonyl (C=O) groups is 2. The molecule has 1 N–H and O–H groups in total. The molecule has 2 rings (SSSR count). The van der Waals surface area contributed by atoms with Crippen molar-refractivity contribution in [1.29, 1.82) is 0 Å². The van der Waals surface area contributed by atoms with Gasteiger partial charge in [0.15, 0.2) is 0 Å². The number of carboxylic acids is 1. The van der Waals surface area contributed by atoms with E-state index >= 15 is 0 Å². The molecule has 1 fully saturated rings. The highest BCUT2D eigenvalue weighted by Crippen LogP contribution is 2.31. The van der Waals surface area contributed by atoms with E-state index in [1.807, 2.05) is 0 Å². The van der Waals surface area contributed by atoms with E-state index in [2.05, 4.69) is 0 Å². The Bertz CT molecular complexity index is 652. The topological polar surface area (TPSA) is 57.6 Å². The Kier molecular flexibility index (Phi) is 4.77. The first-order valence-electron chi connectivity index (χ1n) is 7.06. The zero-order valence-corrected chi connectivity index (χ0v) is 12.4. The van der Waals surface area contributed by atoms with Crippen molar-refractivity contribution in [2.24, 2.45) is 5.92 Å². The molecule has 1 unspecified atom stereocenters. The summed E-state index contributed by atoms with van der Waals surface area (Å²) >= 11 is 0. The number of rotatable bonds is 3. The first-order chi connectivity index (χ1) is 10.7. The van der Waals surface area contributed by atoms with E-state index in [4.69, 9.17) is 5.11 Å². The summed E-state index contributed by atoms with van der Waals surface area (Å²) in [5.74, 6) is -1.91. The number of allylic oxidation sites excluding steroid dienone is 1. The smallest absolute Gasteiger partial charge is 0.416 e. The minimum absolute atomic E-state index is 0.126. The molecule has 0 aromatic heterocycles. The van der Waals surface area contributed by atoms with E-state index in [1.54, 1.807) is 6.92 Å². The van der Waals surface area contributed by atoms with Crippen molar-refractivity contribution < 1.29 is 27.9 Å². The van der Waals surface area contributed by atoms with Gasteiger partial charge in [-0.05, 0) is 36.6 Å². The average molecular weight is 327 g/mol. The van der Waals surface area contributed by atoms with Gasteiger partial charge in [0, 0.05) is 19.2 Å². The van der Waals surface area contributed by atoms with Gasteiger partial charge < -0.3 is 10.0 Å². The van der Waals surface area contributed by atoms with Crippen LogP contribution in [0.2, 0.25) is 0 Å². The van der Waals surface area contributed by atoms with E-state index in [1.165, 1.54) is 23.1 Å². The van der Waals surface area contributed by atoms with Gasteiger partial charge in [0.05, 0.1) is 11.5 Å². The Labute approximate surface area is 131 Å². The van der Waals surface area contributed by atoms with Crippen molar-refractivity contribution in [2.75, 3.05) is 13.1 Å². The molecular formula is C16H16F3NO3. The normalized spacial score (nSPS) is 19.0. The van der Waals surface area contributed by atoms with Crippen LogP contribution in [-0.4, -0.2) is 35.0 Å². The predicted octanol–water partition coefficient (Wildman–Crippen LogP) is 3.04. The van der Waals surface area contributed by atoms with Crippen LogP contribution in [0.1, 0.15) is 24.5 Å². The minimum Gasteiger partial charge on any atom is -0.481 e. The summed E-state index contributed by atoms with van der Waals surface area (Å²) in [5.41, 5.74) is -0.0654. The third-order valence-electron chi connectivity index (χ3n) is 3.83. The molecule has 7 heteroatoms. The molecule has 1 aromatic carbocycles. The summed E-state index contributed by atoms with van der Waals surface area (Å²) in [6.07, 6.45) is -2.80. The monoisotopic (exact) mass is 327 g/mol. The van der Waals surface area contributed by atoms with Crippen LogP contribution in [0.25, 0.3) is 5.57 Å². The number of nitrogens with zero attached hydrogens (tertiary/aromatic N) is 1. The van der Waals surface area contributed by atoms with Gasteiger partial charge in [-0.25, -0.2) is 0 Å². The summed E-state index contributed by atoms with van der Waals surface area (Å²) in [5, 5.41) is 8.92. The second-order valence-corrected chi connectivity index (χ2v) is 5.51. The number of carboxylic acid groups (broad SMARTS) is 1. The molecule has 124 valence electrons. The average Bonchev–Trinajstić information content (AvgIpc) is 2.96. The Balaban J connectivity index is 2.14. The van der Waals surface area contributed by atoms with Gasteiger partial charge in [-0.1, -0.05) is 12.1 Å². The molecule has 0 saturated carbocycles. The fourth-order valence-electron chi connectivity index (χ4n) is 2.46. The molecule has 0 aliphatic carbocycles. The van der Waals surface area contributed by atoms with Crippen LogP contribution in [-0.2, 0) is 15.8 Å². The standard InChI is InChI=1S/C16H16F3NO3/c1-10(11-3-2-4-13(8-11)16(17,18)19)7-14(21)20-6-5-12(9-20)15(22)23/h2-4,7-8,12H,5-6,9H2,1H3,(H,22,23). The van der Waals surface area contributed by atoms with Gasteiger partial charge in [0.2, 0.25) is 5.91 Å². The highest BCUT2D eigenvalue weighted by atomic mass is 19.4. The van der Waals surface area contributed by atoms with Crippen LogP contribution in [0.4, 0.5) is 13.2 Å². The first-order valence-corrected chi connectivity index (χ1v) is 7.06. The van der Waals surface area contributed by atoms with Crippen molar-refractivity contribution >= 4 is 17.4 Å². The number of aliphatic carboxylic acids is 1. The van der Waals surface area contributed by atoms with Gasteiger partial charge in [-0.3, -0.25) is 9.59 Å². The third kappa shape index (κ3) is 4.12. The molecule has 0 bridgehead atoms. The summed E-state index contributed by atoms with van der Waals surface area (Å²) < 4.78 is 38.1. The lowest BCUT2D eigenvalue weighted by Crippen LogP contribution is -2.28. The van der Waals surface area contributed by atoms with E-state index in [0.717, 1.165) is 12.1 Å². The van der Waals surface area contributed by atoms with Crippen molar-refractivity contribution in [3.63, 3.8) is 0 Å². The van der Waals surface area contributed by atoms with Gasteiger partial charge in [-0.15, -0.1) is 0 Å². The quantitative estimate of drug-likeness (QED) is 0.868. The van der Waals surface area contributed by atoms with Gasteiger partial charge in [0.1, 0.15) is 0 Å². The number of likely N-dealkylation sites (tertiary alicyclic amines) is 1. The number of carbonyl (C=O) groups excluding carboxylic acids is 1. The zero-order valence-electron chi connectivity index (χ0n) is 12.4. The second kappa shape index (κ2) is 6.44. The summed E-state index contributed by atoms with van der Waals surface area (Å²) in [4.78, 5) is 24.4. The summed E-state index contributed by atoms with van der Waals surface area (Å²) in [6.45, 7) is 2.01. The van der Waals surface area contributed by atoms with Crippen LogP contribution >= 0.6 is 0 Å². The molecule has 1 aliphatic rings. The Morgan fingerprint density at radius 3 is 2.61 bits per heavy atom. The molecule has 4 nitrogen and oxygen atoms in total. The van der Waals surface area contributed by atoms with Crippen LogP contribution in [0.3, 0.4) is 0 Å². The van der Waals surface area contributed by atoms with Crippen molar-refractivity contribution in [3.05, 3.63) is 41.5 Å². The fourth-order valence-corrected chi connectivity index (χ4v) is 2.46. The summed E-state index contributed by atoms with van der Waals surface area (Å²) in [7, 11) is 0. The third-order valence-corrected chi connectivity index (χ3v) is 3.83. The summed E-state index contributed by atoms with van der Waals surface area (Å²) in [6, 6.07) is 4.74. The van der Waals surface area contributed by atoms with Crippen LogP contribution < -0.4 is 0 Å². The second-order valence-electron chi connectivity index (χ2n) is 5.51. The molecule has 1 heterocycles. The number of hydrogen-bond donors (Lipinski definition) is 1. The molecular weight excluding hydrogens is 311 g/mol. The Morgan fingerprint density at radius 1 is 1.35 bits per heavy atom. The van der Waals surface area contributed by atoms with Gasteiger partial charge in [-0.2, -0.15) is 13.2 Å². The molecule has 0 spiro atoms. The number of amides is 1. The zero-order chi connectivity index (χ0) is 17.2. The molecule has 1 aromatic rings. The van der Waals surface area contributed by atoms with Crippen molar-refractivity contribution in [3.8, 4) is 0 Å². The highest BCUT2D eigenvalue weighted by molar-refractivity contribution is 5.95. The molecule has 1 atom stereocenters. The van der Waals surface area contributed by atoms with E-state index in [-0.39, 0.29) is 12.5 Å². The lowest BCUT2D eigenvalue weighted by Gasteiger charge is -2.14. The number of alkyl halides is 3. The van der Waals surface area contributed by atoms with Crippen LogP contribution in [0.5, 0.6) is 0 Å². The maximum absolute atomic E-state index is 12.7. The van der Waals surface area contributed by atoms with Crippen molar-refractivity contribution in [1.82, 2.24) is 4.90 Å². The first kappa shape index (κ1) is 17.1. The lowest BCUT2D eigenvalue weighted by molar-refractivity contribution is -0.141. The Morgan fingerprint density at radius 2 is 2.04 bits per heavy atom. The number of hydrogen-bond acceptors (Lipinski definition) is 2. The molecule has 23 heavy (non-hydrogen) atoms. The SMILES string of the molecule is CC(=CC(=O)N1CCC(C(=O)O)C1)c1cccc(C(F)(F)F)c1. The van der Waals surface area contributed by atoms with Gasteiger partial charge in [0.25, 0.3) is 0 Å². The van der Waals surface area contributed by atoms with Gasteiger partial charge >= 0.3 is 12.1 Å². The highest BCUT2D eigenvalue weighted by Gasteiger charge is 2.31. The lowest BCUT2D eigenvalue weighted by atomic mass is 10.0. The predicted molar refractivity (Wildman–Crippen MR) is 77.4 cm³/mol. The fraction of sp³-hybridized carbons (Fsp3) is 0.375.